The number of fused-ring (bicyclic) bond motifs is 1. The minimum atomic E-state index is 0.852. The number of quaternary nitrogens is 1. The summed E-state index contributed by atoms with van der Waals surface area (Å²) in [5.41, 5.74) is 8.24. The van der Waals surface area contributed by atoms with Crippen molar-refractivity contribution in [3.05, 3.63) is 66.2 Å². The lowest BCUT2D eigenvalue weighted by Gasteiger charge is -2.09. The van der Waals surface area contributed by atoms with Crippen LogP contribution in [0.2, 0.25) is 0 Å². The second-order valence-electron chi connectivity index (χ2n) is 10.7. The summed E-state index contributed by atoms with van der Waals surface area (Å²) in [7, 11) is 0. The number of hydrogen-bond donors (Lipinski definition) is 2. The van der Waals surface area contributed by atoms with E-state index >= 15 is 0 Å². The predicted molar refractivity (Wildman–Crippen MR) is 165 cm³/mol. The molecule has 0 radical (unpaired) electrons. The number of hydrogen-bond acceptors (Lipinski definition) is 3. The number of nitrogens with zero attached hydrogens (tertiary/aromatic N) is 2. The van der Waals surface area contributed by atoms with Crippen molar-refractivity contribution >= 4 is 27.8 Å². The molecule has 0 unspecified atom stereocenters. The van der Waals surface area contributed by atoms with Gasteiger partial charge < -0.3 is 11.1 Å². The van der Waals surface area contributed by atoms with Crippen molar-refractivity contribution in [2.75, 3.05) is 18.4 Å². The van der Waals surface area contributed by atoms with Gasteiger partial charge in [-0.25, -0.2) is 0 Å². The Balaban J connectivity index is 1.32. The van der Waals surface area contributed by atoms with Gasteiger partial charge >= 0.3 is 0 Å². The SMILES string of the molecule is CCCCCCCCCCCCCCCCc1ccc(N=Nc2ccc(NCC[NH3+])c3ccccc23)cc1. The van der Waals surface area contributed by atoms with Crippen molar-refractivity contribution in [2.24, 2.45) is 10.2 Å². The molecule has 3 aromatic carbocycles. The number of azo groups is 1. The molecule has 0 saturated heterocycles. The van der Waals surface area contributed by atoms with E-state index in [0.29, 0.717) is 0 Å². The highest BCUT2D eigenvalue weighted by Crippen LogP contribution is 2.32. The molecular weight excluding hydrogens is 464 g/mol. The summed E-state index contributed by atoms with van der Waals surface area (Å²) in [6.45, 7) is 4.00. The van der Waals surface area contributed by atoms with Crippen LogP contribution in [-0.2, 0) is 6.42 Å². The normalized spacial score (nSPS) is 11.5. The van der Waals surface area contributed by atoms with Gasteiger partial charge in [-0.3, -0.25) is 0 Å². The molecule has 0 aliphatic heterocycles. The van der Waals surface area contributed by atoms with E-state index in [0.717, 1.165) is 42.0 Å². The Morgan fingerprint density at radius 1 is 0.605 bits per heavy atom. The first-order valence-corrected chi connectivity index (χ1v) is 15.4. The Kier molecular flexibility index (Phi) is 14.5. The van der Waals surface area contributed by atoms with Gasteiger partial charge in [-0.15, -0.1) is 5.11 Å². The lowest BCUT2D eigenvalue weighted by Crippen LogP contribution is -2.53. The van der Waals surface area contributed by atoms with Gasteiger partial charge in [0.15, 0.2) is 0 Å². The zero-order valence-corrected chi connectivity index (χ0v) is 23.9. The van der Waals surface area contributed by atoms with Gasteiger partial charge in [-0.1, -0.05) is 127 Å². The Hall–Kier alpha value is -2.72. The largest absolute Gasteiger partial charge is 0.379 e. The second kappa shape index (κ2) is 18.5. The van der Waals surface area contributed by atoms with Gasteiger partial charge in [0.1, 0.15) is 0 Å². The average Bonchev–Trinajstić information content (AvgIpc) is 2.96. The summed E-state index contributed by atoms with van der Waals surface area (Å²) < 4.78 is 0. The maximum Gasteiger partial charge on any atom is 0.0936 e. The third kappa shape index (κ3) is 10.9. The minimum Gasteiger partial charge on any atom is -0.379 e. The second-order valence-corrected chi connectivity index (χ2v) is 10.7. The van der Waals surface area contributed by atoms with Gasteiger partial charge in [0, 0.05) is 16.5 Å². The zero-order valence-electron chi connectivity index (χ0n) is 23.9. The van der Waals surface area contributed by atoms with Crippen LogP contribution < -0.4 is 11.1 Å². The quantitative estimate of drug-likeness (QED) is 0.114. The van der Waals surface area contributed by atoms with E-state index in [9.17, 15) is 0 Å². The molecule has 206 valence electrons. The van der Waals surface area contributed by atoms with Crippen molar-refractivity contribution in [1.82, 2.24) is 0 Å². The molecule has 3 aromatic rings. The molecule has 0 aliphatic carbocycles. The molecule has 0 fully saturated rings. The van der Waals surface area contributed by atoms with Gasteiger partial charge in [0.2, 0.25) is 0 Å². The first-order chi connectivity index (χ1) is 18.8. The fourth-order valence-electron chi connectivity index (χ4n) is 5.11. The van der Waals surface area contributed by atoms with Crippen LogP contribution in [0.1, 0.15) is 102 Å². The lowest BCUT2D eigenvalue weighted by atomic mass is 10.0. The minimum absolute atomic E-state index is 0.852. The third-order valence-electron chi connectivity index (χ3n) is 7.42. The Morgan fingerprint density at radius 3 is 1.79 bits per heavy atom. The van der Waals surface area contributed by atoms with Gasteiger partial charge in [0.25, 0.3) is 0 Å². The van der Waals surface area contributed by atoms with Crippen molar-refractivity contribution in [3.8, 4) is 0 Å². The van der Waals surface area contributed by atoms with Crippen LogP contribution in [0.4, 0.5) is 17.1 Å². The first kappa shape index (κ1) is 29.8. The molecule has 0 atom stereocenters. The highest BCUT2D eigenvalue weighted by Gasteiger charge is 2.05. The highest BCUT2D eigenvalue weighted by molar-refractivity contribution is 6.00. The van der Waals surface area contributed by atoms with Crippen LogP contribution in [-0.4, -0.2) is 13.1 Å². The Bertz CT molecular complexity index is 1060. The summed E-state index contributed by atoms with van der Waals surface area (Å²) in [6.07, 6.45) is 20.8. The van der Waals surface area contributed by atoms with Crippen molar-refractivity contribution in [1.29, 1.82) is 0 Å². The summed E-state index contributed by atoms with van der Waals surface area (Å²) >= 11 is 0. The molecule has 4 nitrogen and oxygen atoms in total. The summed E-state index contributed by atoms with van der Waals surface area (Å²) in [4.78, 5) is 0. The van der Waals surface area contributed by atoms with Crippen molar-refractivity contribution < 1.29 is 5.73 Å². The van der Waals surface area contributed by atoms with Crippen LogP contribution in [0, 0.1) is 0 Å². The van der Waals surface area contributed by atoms with E-state index in [4.69, 9.17) is 0 Å². The predicted octanol–water partition coefficient (Wildman–Crippen LogP) is 9.93. The molecule has 4 N–H and O–H groups in total. The highest BCUT2D eigenvalue weighted by atomic mass is 15.1. The van der Waals surface area contributed by atoms with E-state index in [1.54, 1.807) is 0 Å². The molecular formula is C34H51N4+. The molecule has 0 aromatic heterocycles. The molecule has 3 rings (SSSR count). The topological polar surface area (TPSA) is 64.4 Å². The molecule has 4 heteroatoms. The maximum atomic E-state index is 4.58. The number of unbranched alkanes of at least 4 members (excludes halogenated alkanes) is 13. The van der Waals surface area contributed by atoms with Crippen LogP contribution in [0.15, 0.2) is 70.9 Å². The fourth-order valence-corrected chi connectivity index (χ4v) is 5.11. The number of nitrogens with one attached hydrogen (secondary N) is 1. The number of aryl methyl sites for hydroxylation is 1. The van der Waals surface area contributed by atoms with E-state index in [-0.39, 0.29) is 0 Å². The van der Waals surface area contributed by atoms with E-state index < -0.39 is 0 Å². The van der Waals surface area contributed by atoms with Crippen LogP contribution in [0.5, 0.6) is 0 Å². The van der Waals surface area contributed by atoms with Crippen molar-refractivity contribution in [3.63, 3.8) is 0 Å². The van der Waals surface area contributed by atoms with Gasteiger partial charge in [-0.05, 0) is 42.7 Å². The summed E-state index contributed by atoms with van der Waals surface area (Å²) in [5, 5.41) is 14.8. The monoisotopic (exact) mass is 515 g/mol. The molecule has 0 heterocycles. The van der Waals surface area contributed by atoms with Crippen LogP contribution in [0.25, 0.3) is 10.8 Å². The zero-order chi connectivity index (χ0) is 26.7. The summed E-state index contributed by atoms with van der Waals surface area (Å²) in [5.74, 6) is 0. The molecule has 0 amide bonds. The van der Waals surface area contributed by atoms with Gasteiger partial charge in [-0.2, -0.15) is 5.11 Å². The molecule has 0 spiro atoms. The molecule has 38 heavy (non-hydrogen) atoms. The van der Waals surface area contributed by atoms with E-state index in [2.05, 4.69) is 82.8 Å². The Morgan fingerprint density at radius 2 is 1.18 bits per heavy atom. The lowest BCUT2D eigenvalue weighted by molar-refractivity contribution is -0.362. The summed E-state index contributed by atoms with van der Waals surface area (Å²) in [6, 6.07) is 21.1. The fraction of sp³-hybridized carbons (Fsp3) is 0.529. The smallest absolute Gasteiger partial charge is 0.0936 e. The third-order valence-corrected chi connectivity index (χ3v) is 7.42. The number of benzene rings is 3. The first-order valence-electron chi connectivity index (χ1n) is 15.4. The van der Waals surface area contributed by atoms with Crippen molar-refractivity contribution in [2.45, 2.75) is 103 Å². The number of rotatable bonds is 20. The maximum absolute atomic E-state index is 4.58. The van der Waals surface area contributed by atoms with Gasteiger partial charge in [0.05, 0.1) is 24.5 Å². The molecule has 0 saturated carbocycles. The average molecular weight is 516 g/mol. The molecule has 0 bridgehead atoms. The van der Waals surface area contributed by atoms with Crippen LogP contribution in [0.3, 0.4) is 0 Å². The number of anilines is 1. The standard InChI is InChI=1S/C34H50N4/c1-2-3-4-5-6-7-8-9-10-11-12-13-14-15-18-29-21-23-30(24-22-29)37-38-34-26-25-33(36-28-27-35)31-19-16-17-20-32(31)34/h16-17,19-26,36H,2-15,18,27-28,35H2,1H3/p+1. The van der Waals surface area contributed by atoms with E-state index in [1.807, 2.05) is 6.07 Å². The Labute approximate surface area is 231 Å². The molecule has 0 aliphatic rings. The van der Waals surface area contributed by atoms with E-state index in [1.165, 1.54) is 101 Å². The van der Waals surface area contributed by atoms with Crippen LogP contribution >= 0.6 is 0 Å².